The van der Waals surface area contributed by atoms with Crippen molar-refractivity contribution in [3.63, 3.8) is 0 Å². The largest absolute Gasteiger partial charge is 0.417 e. The molecular weight excluding hydrogens is 309 g/mol. The summed E-state index contributed by atoms with van der Waals surface area (Å²) in [4.78, 5) is 21.7. The molecule has 23 heavy (non-hydrogen) atoms. The van der Waals surface area contributed by atoms with Crippen LogP contribution in [0.15, 0.2) is 35.1 Å². The second-order valence-electron chi connectivity index (χ2n) is 5.07. The molecule has 8 heteroatoms. The molecule has 118 valence electrons. The predicted octanol–water partition coefficient (Wildman–Crippen LogP) is 2.89. The van der Waals surface area contributed by atoms with Crippen LogP contribution in [-0.4, -0.2) is 15.0 Å². The third-order valence-electron chi connectivity index (χ3n) is 3.35. The highest BCUT2D eigenvalue weighted by Crippen LogP contribution is 2.35. The summed E-state index contributed by atoms with van der Waals surface area (Å²) in [6.07, 6.45) is -4.72. The first kappa shape index (κ1) is 15.0. The fourth-order valence-corrected chi connectivity index (χ4v) is 2.25. The molecule has 0 aliphatic rings. The van der Waals surface area contributed by atoms with E-state index < -0.39 is 22.7 Å². The highest BCUT2D eigenvalue weighted by atomic mass is 19.4. The number of aryl methyl sites for hydroxylation is 1. The van der Waals surface area contributed by atoms with E-state index in [1.165, 1.54) is 0 Å². The van der Waals surface area contributed by atoms with Gasteiger partial charge in [0.15, 0.2) is 5.65 Å². The third-order valence-corrected chi connectivity index (χ3v) is 3.35. The normalized spacial score (nSPS) is 11.8. The Hall–Kier alpha value is -2.90. The molecule has 3 aromatic rings. The van der Waals surface area contributed by atoms with Gasteiger partial charge >= 0.3 is 6.18 Å². The maximum atomic E-state index is 13.3. The Morgan fingerprint density at radius 3 is 2.39 bits per heavy atom. The fourth-order valence-electron chi connectivity index (χ4n) is 2.25. The summed E-state index contributed by atoms with van der Waals surface area (Å²) in [6, 6.07) is 7.67. The minimum atomic E-state index is -4.72. The summed E-state index contributed by atoms with van der Waals surface area (Å²) in [5, 5.41) is -0.623. The van der Waals surface area contributed by atoms with Gasteiger partial charge in [0.2, 0.25) is 5.95 Å². The number of rotatable bonds is 1. The van der Waals surface area contributed by atoms with E-state index in [0.29, 0.717) is 5.56 Å². The average Bonchev–Trinajstić information content (AvgIpc) is 2.45. The molecule has 0 saturated carbocycles. The first-order valence-electron chi connectivity index (χ1n) is 6.60. The van der Waals surface area contributed by atoms with Crippen molar-refractivity contribution in [1.29, 1.82) is 0 Å². The lowest BCUT2D eigenvalue weighted by atomic mass is 10.1. The second kappa shape index (κ2) is 5.08. The zero-order chi connectivity index (χ0) is 16.8. The van der Waals surface area contributed by atoms with Crippen LogP contribution in [-0.2, 0) is 6.18 Å². The van der Waals surface area contributed by atoms with Crippen LogP contribution < -0.4 is 11.3 Å². The monoisotopic (exact) mass is 320 g/mol. The van der Waals surface area contributed by atoms with E-state index in [0.717, 1.165) is 11.6 Å². The Morgan fingerprint density at radius 1 is 1.13 bits per heavy atom. The molecule has 0 atom stereocenters. The Balaban J connectivity index is 2.38. The van der Waals surface area contributed by atoms with E-state index in [1.54, 1.807) is 24.3 Å². The summed E-state index contributed by atoms with van der Waals surface area (Å²) >= 11 is 0. The van der Waals surface area contributed by atoms with Crippen molar-refractivity contribution in [2.75, 3.05) is 5.73 Å². The minimum absolute atomic E-state index is 0.0716. The first-order chi connectivity index (χ1) is 10.8. The first-order valence-corrected chi connectivity index (χ1v) is 6.60. The van der Waals surface area contributed by atoms with Crippen molar-refractivity contribution in [3.05, 3.63) is 51.8 Å². The van der Waals surface area contributed by atoms with Crippen molar-refractivity contribution in [3.8, 4) is 11.3 Å². The van der Waals surface area contributed by atoms with Gasteiger partial charge in [-0.3, -0.25) is 9.78 Å². The van der Waals surface area contributed by atoms with Gasteiger partial charge in [0, 0.05) is 5.56 Å². The van der Waals surface area contributed by atoms with E-state index in [1.807, 2.05) is 6.92 Å². The molecule has 0 aliphatic heterocycles. The predicted molar refractivity (Wildman–Crippen MR) is 79.7 cm³/mol. The number of pyridine rings is 1. The molecule has 1 aromatic carbocycles. The molecule has 0 spiro atoms. The van der Waals surface area contributed by atoms with E-state index >= 15 is 0 Å². The van der Waals surface area contributed by atoms with Crippen LogP contribution in [0, 0.1) is 6.92 Å². The summed E-state index contributed by atoms with van der Waals surface area (Å²) < 4.78 is 40.0. The van der Waals surface area contributed by atoms with Crippen molar-refractivity contribution < 1.29 is 13.2 Å². The number of anilines is 1. The SMILES string of the molecule is Cc1ccc(-c2cc(C(F)(F)F)c3c(=O)[nH]c(N)nc3n2)cc1. The highest BCUT2D eigenvalue weighted by molar-refractivity contribution is 5.82. The van der Waals surface area contributed by atoms with Gasteiger partial charge in [-0.15, -0.1) is 0 Å². The lowest BCUT2D eigenvalue weighted by molar-refractivity contribution is -0.136. The molecule has 5 nitrogen and oxygen atoms in total. The standard InChI is InChI=1S/C15H11F3N4O/c1-7-2-4-8(5-3-7)10-6-9(15(16,17)18)11-12(20-10)21-14(19)22-13(11)23/h2-6H,1H3,(H3,19,20,21,22,23). The molecule has 0 fully saturated rings. The number of alkyl halides is 3. The Morgan fingerprint density at radius 2 is 1.78 bits per heavy atom. The highest BCUT2D eigenvalue weighted by Gasteiger charge is 2.35. The summed E-state index contributed by atoms with van der Waals surface area (Å²) in [5.41, 5.74) is 4.53. The number of nitrogens with zero attached hydrogens (tertiary/aromatic N) is 2. The lowest BCUT2D eigenvalue weighted by Gasteiger charge is -2.12. The molecule has 0 unspecified atom stereocenters. The molecule has 0 bridgehead atoms. The molecule has 2 heterocycles. The molecule has 0 saturated heterocycles. The van der Waals surface area contributed by atoms with Crippen molar-refractivity contribution >= 4 is 17.0 Å². The van der Waals surface area contributed by atoms with Crippen LogP contribution in [0.5, 0.6) is 0 Å². The zero-order valence-electron chi connectivity index (χ0n) is 11.9. The van der Waals surface area contributed by atoms with Crippen LogP contribution in [0.4, 0.5) is 19.1 Å². The lowest BCUT2D eigenvalue weighted by Crippen LogP contribution is -2.18. The van der Waals surface area contributed by atoms with Crippen LogP contribution in [0.1, 0.15) is 11.1 Å². The maximum Gasteiger partial charge on any atom is 0.417 e. The topological polar surface area (TPSA) is 84.7 Å². The van der Waals surface area contributed by atoms with Gasteiger partial charge in [0.1, 0.15) is 0 Å². The molecule has 0 radical (unpaired) electrons. The summed E-state index contributed by atoms with van der Waals surface area (Å²) in [7, 11) is 0. The Labute approximate surface area is 128 Å². The summed E-state index contributed by atoms with van der Waals surface area (Å²) in [6.45, 7) is 1.86. The van der Waals surface area contributed by atoms with Gasteiger partial charge < -0.3 is 5.73 Å². The smallest absolute Gasteiger partial charge is 0.369 e. The number of benzene rings is 1. The second-order valence-corrected chi connectivity index (χ2v) is 5.07. The average molecular weight is 320 g/mol. The molecule has 0 aliphatic carbocycles. The maximum absolute atomic E-state index is 13.3. The zero-order valence-corrected chi connectivity index (χ0v) is 11.9. The molecule has 3 N–H and O–H groups in total. The number of aromatic amines is 1. The van der Waals surface area contributed by atoms with Gasteiger partial charge in [-0.2, -0.15) is 18.2 Å². The third kappa shape index (κ3) is 2.75. The number of fused-ring (bicyclic) bond motifs is 1. The Kier molecular flexibility index (Phi) is 3.32. The quantitative estimate of drug-likeness (QED) is 0.722. The van der Waals surface area contributed by atoms with Gasteiger partial charge in [-0.25, -0.2) is 4.98 Å². The van der Waals surface area contributed by atoms with E-state index in [9.17, 15) is 18.0 Å². The van der Waals surface area contributed by atoms with Gasteiger partial charge in [-0.1, -0.05) is 29.8 Å². The van der Waals surface area contributed by atoms with Crippen LogP contribution >= 0.6 is 0 Å². The number of halogens is 3. The molecule has 3 rings (SSSR count). The van der Waals surface area contributed by atoms with Gasteiger partial charge in [-0.05, 0) is 13.0 Å². The van der Waals surface area contributed by atoms with Crippen LogP contribution in [0.2, 0.25) is 0 Å². The Bertz CT molecular complexity index is 946. The molecule has 0 amide bonds. The number of nitrogens with two attached hydrogens (primary N) is 1. The fraction of sp³-hybridized carbons (Fsp3) is 0.133. The van der Waals surface area contributed by atoms with Crippen molar-refractivity contribution in [1.82, 2.24) is 15.0 Å². The number of hydrogen-bond donors (Lipinski definition) is 2. The van der Waals surface area contributed by atoms with Crippen molar-refractivity contribution in [2.45, 2.75) is 13.1 Å². The van der Waals surface area contributed by atoms with Gasteiger partial charge in [0.25, 0.3) is 5.56 Å². The minimum Gasteiger partial charge on any atom is -0.369 e. The van der Waals surface area contributed by atoms with Gasteiger partial charge in [0.05, 0.1) is 16.6 Å². The molecule has 2 aromatic heterocycles. The van der Waals surface area contributed by atoms with Crippen molar-refractivity contribution in [2.24, 2.45) is 0 Å². The number of hydrogen-bond acceptors (Lipinski definition) is 4. The number of aromatic nitrogens is 3. The van der Waals surface area contributed by atoms with E-state index in [-0.39, 0.29) is 17.3 Å². The van der Waals surface area contributed by atoms with E-state index in [2.05, 4.69) is 15.0 Å². The van der Waals surface area contributed by atoms with E-state index in [4.69, 9.17) is 5.73 Å². The number of H-pyrrole nitrogens is 1. The van der Waals surface area contributed by atoms with Crippen LogP contribution in [0.3, 0.4) is 0 Å². The molecular formula is C15H11F3N4O. The van der Waals surface area contributed by atoms with Crippen LogP contribution in [0.25, 0.3) is 22.3 Å². The number of nitrogens with one attached hydrogen (secondary N) is 1. The number of nitrogen functional groups attached to an aromatic ring is 1. The summed E-state index contributed by atoms with van der Waals surface area (Å²) in [5.74, 6) is -0.288.